The highest BCUT2D eigenvalue weighted by Gasteiger charge is 2.31. The Bertz CT molecular complexity index is 667. The van der Waals surface area contributed by atoms with Gasteiger partial charge in [0.15, 0.2) is 17.5 Å². The summed E-state index contributed by atoms with van der Waals surface area (Å²) in [6.07, 6.45) is 5.15. The monoisotopic (exact) mass is 354 g/mol. The maximum atomic E-state index is 13.8. The van der Waals surface area contributed by atoms with Gasteiger partial charge in [0.1, 0.15) is 0 Å². The lowest BCUT2D eigenvalue weighted by atomic mass is 9.88. The molecule has 1 saturated heterocycles. The summed E-state index contributed by atoms with van der Waals surface area (Å²) in [4.78, 5) is 28.0. The molecule has 0 bridgehead atoms. The molecule has 0 unspecified atom stereocenters. The number of hydrogen-bond donors (Lipinski definition) is 0. The first-order valence-corrected chi connectivity index (χ1v) is 8.70. The summed E-state index contributed by atoms with van der Waals surface area (Å²) in [5.74, 6) is -4.91. The van der Waals surface area contributed by atoms with Gasteiger partial charge in [0.25, 0.3) is 5.91 Å². The Morgan fingerprint density at radius 1 is 0.840 bits per heavy atom. The second-order valence-corrected chi connectivity index (χ2v) is 6.68. The van der Waals surface area contributed by atoms with Gasteiger partial charge in [-0.2, -0.15) is 0 Å². The molecular weight excluding hydrogens is 333 g/mol. The topological polar surface area (TPSA) is 40.6 Å². The van der Waals surface area contributed by atoms with Gasteiger partial charge < -0.3 is 9.80 Å². The van der Waals surface area contributed by atoms with Crippen LogP contribution in [-0.2, 0) is 4.79 Å². The number of carbonyl (C=O) groups is 2. The quantitative estimate of drug-likeness (QED) is 0.766. The molecule has 1 heterocycles. The summed E-state index contributed by atoms with van der Waals surface area (Å²) < 4.78 is 40.1. The number of benzene rings is 1. The molecule has 0 atom stereocenters. The van der Waals surface area contributed by atoms with Crippen molar-refractivity contribution < 1.29 is 22.8 Å². The highest BCUT2D eigenvalue weighted by molar-refractivity contribution is 5.94. The van der Waals surface area contributed by atoms with Gasteiger partial charge in [0.05, 0.1) is 5.56 Å². The van der Waals surface area contributed by atoms with E-state index in [0.29, 0.717) is 13.1 Å². The maximum Gasteiger partial charge on any atom is 0.257 e. The fourth-order valence-electron chi connectivity index (χ4n) is 3.60. The van der Waals surface area contributed by atoms with Crippen molar-refractivity contribution in [1.29, 1.82) is 0 Å². The van der Waals surface area contributed by atoms with E-state index in [-0.39, 0.29) is 24.9 Å². The summed E-state index contributed by atoms with van der Waals surface area (Å²) in [7, 11) is 0. The Balaban J connectivity index is 1.61. The fraction of sp³-hybridized carbons (Fsp3) is 0.556. The molecule has 1 saturated carbocycles. The minimum atomic E-state index is -1.64. The van der Waals surface area contributed by atoms with E-state index in [1.54, 1.807) is 4.90 Å². The van der Waals surface area contributed by atoms with E-state index in [1.165, 1.54) is 11.3 Å². The molecule has 1 aromatic rings. The number of piperazine rings is 1. The summed E-state index contributed by atoms with van der Waals surface area (Å²) >= 11 is 0. The van der Waals surface area contributed by atoms with Gasteiger partial charge >= 0.3 is 0 Å². The highest BCUT2D eigenvalue weighted by Crippen LogP contribution is 2.26. The van der Waals surface area contributed by atoms with Crippen molar-refractivity contribution in [3.63, 3.8) is 0 Å². The Morgan fingerprint density at radius 2 is 1.44 bits per heavy atom. The van der Waals surface area contributed by atoms with E-state index in [1.807, 2.05) is 0 Å². The van der Waals surface area contributed by atoms with Crippen LogP contribution in [0.15, 0.2) is 12.1 Å². The average Bonchev–Trinajstić information content (AvgIpc) is 2.66. The van der Waals surface area contributed by atoms with Crippen molar-refractivity contribution in [2.24, 2.45) is 5.92 Å². The molecule has 4 nitrogen and oxygen atoms in total. The van der Waals surface area contributed by atoms with Crippen LogP contribution >= 0.6 is 0 Å². The molecule has 1 aromatic carbocycles. The van der Waals surface area contributed by atoms with E-state index in [0.717, 1.165) is 37.8 Å². The van der Waals surface area contributed by atoms with Crippen LogP contribution in [0.5, 0.6) is 0 Å². The molecule has 0 aromatic heterocycles. The van der Waals surface area contributed by atoms with Crippen LogP contribution in [0.25, 0.3) is 0 Å². The molecule has 136 valence electrons. The lowest BCUT2D eigenvalue weighted by molar-refractivity contribution is -0.138. The first-order chi connectivity index (χ1) is 12.0. The summed E-state index contributed by atoms with van der Waals surface area (Å²) in [5, 5.41) is 0. The average molecular weight is 354 g/mol. The lowest BCUT2D eigenvalue weighted by Crippen LogP contribution is -2.52. The third-order valence-electron chi connectivity index (χ3n) is 5.10. The predicted octanol–water partition coefficient (Wildman–Crippen LogP) is 2.97. The largest absolute Gasteiger partial charge is 0.339 e. The van der Waals surface area contributed by atoms with Crippen LogP contribution < -0.4 is 0 Å². The summed E-state index contributed by atoms with van der Waals surface area (Å²) in [6, 6.07) is 1.70. The van der Waals surface area contributed by atoms with E-state index in [2.05, 4.69) is 0 Å². The Kier molecular flexibility index (Phi) is 5.30. The third-order valence-corrected chi connectivity index (χ3v) is 5.10. The Labute approximate surface area is 144 Å². The van der Waals surface area contributed by atoms with E-state index >= 15 is 0 Å². The van der Waals surface area contributed by atoms with Gasteiger partial charge in [-0.15, -0.1) is 0 Å². The van der Waals surface area contributed by atoms with Crippen molar-refractivity contribution in [3.8, 4) is 0 Å². The molecule has 2 fully saturated rings. The van der Waals surface area contributed by atoms with Gasteiger partial charge in [-0.3, -0.25) is 9.59 Å². The molecule has 1 aliphatic carbocycles. The van der Waals surface area contributed by atoms with Gasteiger partial charge in [-0.1, -0.05) is 19.3 Å². The number of rotatable bonds is 2. The van der Waals surface area contributed by atoms with Crippen LogP contribution in [-0.4, -0.2) is 47.8 Å². The number of halogens is 3. The molecule has 0 spiro atoms. The zero-order valence-electron chi connectivity index (χ0n) is 13.9. The van der Waals surface area contributed by atoms with Crippen molar-refractivity contribution in [2.45, 2.75) is 32.1 Å². The number of amides is 2. The Hall–Kier alpha value is -2.05. The van der Waals surface area contributed by atoms with Crippen molar-refractivity contribution in [3.05, 3.63) is 35.1 Å². The lowest BCUT2D eigenvalue weighted by Gasteiger charge is -2.37. The SMILES string of the molecule is O=C(c1ccc(F)c(F)c1F)N1CCN(C(=O)C2CCCCC2)CC1. The van der Waals surface area contributed by atoms with Crippen molar-refractivity contribution in [2.75, 3.05) is 26.2 Å². The first-order valence-electron chi connectivity index (χ1n) is 8.70. The first kappa shape index (κ1) is 17.8. The molecule has 0 radical (unpaired) electrons. The molecule has 2 aliphatic rings. The second-order valence-electron chi connectivity index (χ2n) is 6.68. The minimum Gasteiger partial charge on any atom is -0.339 e. The van der Waals surface area contributed by atoms with Crippen LogP contribution in [0, 0.1) is 23.4 Å². The zero-order valence-corrected chi connectivity index (χ0v) is 13.9. The molecule has 25 heavy (non-hydrogen) atoms. The highest BCUT2D eigenvalue weighted by atomic mass is 19.2. The van der Waals surface area contributed by atoms with Crippen molar-refractivity contribution in [1.82, 2.24) is 9.80 Å². The van der Waals surface area contributed by atoms with E-state index in [9.17, 15) is 22.8 Å². The minimum absolute atomic E-state index is 0.0691. The standard InChI is InChI=1S/C18H21F3N2O2/c19-14-7-6-13(15(20)16(14)21)18(25)23-10-8-22(9-11-23)17(24)12-4-2-1-3-5-12/h6-7,12H,1-5,8-11H2. The number of carbonyl (C=O) groups excluding carboxylic acids is 2. The van der Waals surface area contributed by atoms with Gasteiger partial charge in [0.2, 0.25) is 5.91 Å². The van der Waals surface area contributed by atoms with Gasteiger partial charge in [-0.25, -0.2) is 13.2 Å². The van der Waals surface area contributed by atoms with Crippen LogP contribution in [0.1, 0.15) is 42.5 Å². The second kappa shape index (κ2) is 7.45. The van der Waals surface area contributed by atoms with E-state index in [4.69, 9.17) is 0 Å². The molecule has 3 rings (SSSR count). The zero-order chi connectivity index (χ0) is 18.0. The third kappa shape index (κ3) is 3.65. The van der Waals surface area contributed by atoms with E-state index < -0.39 is 28.9 Å². The van der Waals surface area contributed by atoms with Crippen LogP contribution in [0.2, 0.25) is 0 Å². The fourth-order valence-corrected chi connectivity index (χ4v) is 3.60. The number of nitrogens with zero attached hydrogens (tertiary/aromatic N) is 2. The smallest absolute Gasteiger partial charge is 0.257 e. The normalized spacial score (nSPS) is 19.2. The summed E-state index contributed by atoms with van der Waals surface area (Å²) in [6.45, 7) is 1.28. The van der Waals surface area contributed by atoms with Crippen LogP contribution in [0.3, 0.4) is 0 Å². The van der Waals surface area contributed by atoms with Crippen molar-refractivity contribution >= 4 is 11.8 Å². The molecule has 7 heteroatoms. The number of hydrogen-bond acceptors (Lipinski definition) is 2. The molecule has 1 aliphatic heterocycles. The maximum absolute atomic E-state index is 13.8. The van der Waals surface area contributed by atoms with Crippen LogP contribution in [0.4, 0.5) is 13.2 Å². The predicted molar refractivity (Wildman–Crippen MR) is 85.4 cm³/mol. The van der Waals surface area contributed by atoms with Gasteiger partial charge in [0, 0.05) is 32.1 Å². The molecule has 0 N–H and O–H groups in total. The van der Waals surface area contributed by atoms with Gasteiger partial charge in [-0.05, 0) is 25.0 Å². The molecular formula is C18H21F3N2O2. The Morgan fingerprint density at radius 3 is 2.08 bits per heavy atom. The molecule has 2 amide bonds. The summed E-state index contributed by atoms with van der Waals surface area (Å²) in [5.41, 5.74) is -0.481.